The number of esters is 1. The minimum atomic E-state index is -1.41. The third kappa shape index (κ3) is 8.46. The van der Waals surface area contributed by atoms with Gasteiger partial charge in [-0.3, -0.25) is 4.79 Å². The zero-order valence-electron chi connectivity index (χ0n) is 19.8. The van der Waals surface area contributed by atoms with Crippen molar-refractivity contribution >= 4 is 68.8 Å². The number of nitrogens with zero attached hydrogens (tertiary/aromatic N) is 1. The fraction of sp³-hybridized carbons (Fsp3) is 0.0357. The van der Waals surface area contributed by atoms with Crippen LogP contribution in [0.5, 0.6) is 17.2 Å². The van der Waals surface area contributed by atoms with Crippen LogP contribution >= 0.6 is 50.7 Å². The Hall–Kier alpha value is -3.56. The molecule has 0 aliphatic rings. The largest absolute Gasteiger partial charge is 0.446 e. The van der Waals surface area contributed by atoms with E-state index >= 15 is 0 Å². The first-order valence-electron chi connectivity index (χ1n) is 11.2. The molecule has 0 fully saturated rings. The zero-order chi connectivity index (χ0) is 27.8. The molecule has 0 unspecified atom stereocenters. The smallest absolute Gasteiger partial charge is 0.343 e. The lowest BCUT2D eigenvalue weighted by atomic mass is 10.2. The predicted octanol–water partition coefficient (Wildman–Crippen LogP) is 7.56. The fourth-order valence-corrected chi connectivity index (χ4v) is 3.84. The highest BCUT2D eigenvalue weighted by Crippen LogP contribution is 2.24. The van der Waals surface area contributed by atoms with Crippen molar-refractivity contribution in [2.45, 2.75) is 6.29 Å². The molecule has 4 rings (SSSR count). The van der Waals surface area contributed by atoms with Gasteiger partial charge < -0.3 is 14.2 Å². The number of nitrogens with one attached hydrogen (secondary N) is 1. The highest BCUT2D eigenvalue weighted by molar-refractivity contribution is 9.10. The van der Waals surface area contributed by atoms with E-state index in [-0.39, 0.29) is 5.75 Å². The van der Waals surface area contributed by atoms with E-state index in [2.05, 4.69) is 26.5 Å². The average Bonchev–Trinajstić information content (AvgIpc) is 2.92. The van der Waals surface area contributed by atoms with Gasteiger partial charge in [0.1, 0.15) is 17.2 Å². The van der Waals surface area contributed by atoms with E-state index in [0.29, 0.717) is 42.2 Å². The van der Waals surface area contributed by atoms with Gasteiger partial charge in [0, 0.05) is 25.1 Å². The molecular weight excluding hydrogens is 631 g/mol. The molecule has 11 heteroatoms. The Bertz CT molecular complexity index is 1430. The van der Waals surface area contributed by atoms with Crippen LogP contribution in [-0.2, 0) is 4.79 Å². The minimum Gasteiger partial charge on any atom is -0.446 e. The predicted molar refractivity (Wildman–Crippen MR) is 154 cm³/mol. The summed E-state index contributed by atoms with van der Waals surface area (Å²) in [4.78, 5) is 25.6. The molecule has 0 aliphatic heterocycles. The van der Waals surface area contributed by atoms with E-state index in [1.807, 2.05) is 0 Å². The molecular formula is C28H18BrCl3N2O5. The van der Waals surface area contributed by atoms with Gasteiger partial charge in [-0.05, 0) is 91.0 Å². The number of hydrazone groups is 1. The Labute approximate surface area is 247 Å². The SMILES string of the molecule is O=C(Oc1ccc(Br)cc1C=NNC(=O)C(Oc1ccc(Cl)cc1)Oc1ccc(Cl)cc1)c1ccc(Cl)cc1. The third-order valence-corrected chi connectivity index (χ3v) is 6.21. The Morgan fingerprint density at radius 2 is 1.28 bits per heavy atom. The lowest BCUT2D eigenvalue weighted by Crippen LogP contribution is -2.40. The quantitative estimate of drug-likeness (QED) is 0.0666. The highest BCUT2D eigenvalue weighted by Gasteiger charge is 2.23. The second kappa shape index (κ2) is 13.5. The first-order valence-corrected chi connectivity index (χ1v) is 13.1. The number of rotatable bonds is 9. The van der Waals surface area contributed by atoms with Gasteiger partial charge in [-0.2, -0.15) is 5.10 Å². The Morgan fingerprint density at radius 1 is 0.769 bits per heavy atom. The number of halogens is 4. The number of amides is 1. The van der Waals surface area contributed by atoms with Crippen molar-refractivity contribution in [2.24, 2.45) is 5.10 Å². The van der Waals surface area contributed by atoms with Crippen molar-refractivity contribution in [3.63, 3.8) is 0 Å². The first-order chi connectivity index (χ1) is 18.8. The van der Waals surface area contributed by atoms with E-state index in [9.17, 15) is 9.59 Å². The minimum absolute atomic E-state index is 0.225. The number of hydrogen-bond donors (Lipinski definition) is 1. The van der Waals surface area contributed by atoms with E-state index in [4.69, 9.17) is 49.0 Å². The van der Waals surface area contributed by atoms with Gasteiger partial charge in [-0.25, -0.2) is 10.2 Å². The fourth-order valence-electron chi connectivity index (χ4n) is 3.08. The standard InChI is InChI=1S/C28H18BrCl3N2O5/c29-19-3-14-25(39-27(36)17-1-4-20(30)5-2-17)18(15-19)16-33-34-26(35)28(37-23-10-6-21(31)7-11-23)38-24-12-8-22(32)9-13-24/h1-16,28H,(H,34,35). The molecule has 0 atom stereocenters. The number of hydrogen-bond acceptors (Lipinski definition) is 6. The molecule has 0 bridgehead atoms. The van der Waals surface area contributed by atoms with Crippen molar-refractivity contribution in [2.75, 3.05) is 0 Å². The van der Waals surface area contributed by atoms with Crippen LogP contribution in [0.3, 0.4) is 0 Å². The van der Waals surface area contributed by atoms with Crippen molar-refractivity contribution in [1.29, 1.82) is 0 Å². The summed E-state index contributed by atoms with van der Waals surface area (Å²) in [6.45, 7) is 0. The van der Waals surface area contributed by atoms with Gasteiger partial charge in [-0.1, -0.05) is 50.7 Å². The van der Waals surface area contributed by atoms with E-state index < -0.39 is 18.2 Å². The number of carbonyl (C=O) groups is 2. The molecule has 0 aliphatic carbocycles. The second-order valence-corrected chi connectivity index (χ2v) is 10.0. The maximum Gasteiger partial charge on any atom is 0.343 e. The van der Waals surface area contributed by atoms with Crippen LogP contribution in [0.2, 0.25) is 15.1 Å². The molecule has 0 saturated carbocycles. The van der Waals surface area contributed by atoms with E-state index in [1.54, 1.807) is 91.0 Å². The van der Waals surface area contributed by atoms with Gasteiger partial charge in [0.15, 0.2) is 0 Å². The summed E-state index contributed by atoms with van der Waals surface area (Å²) in [7, 11) is 0. The third-order valence-electron chi connectivity index (χ3n) is 4.96. The molecule has 39 heavy (non-hydrogen) atoms. The molecule has 198 valence electrons. The van der Waals surface area contributed by atoms with Gasteiger partial charge in [0.2, 0.25) is 0 Å². The Kier molecular flexibility index (Phi) is 9.84. The Morgan fingerprint density at radius 3 is 1.82 bits per heavy atom. The topological polar surface area (TPSA) is 86.2 Å². The molecule has 0 heterocycles. The molecule has 1 N–H and O–H groups in total. The molecule has 4 aromatic rings. The van der Waals surface area contributed by atoms with Gasteiger partial charge in [0.05, 0.1) is 11.8 Å². The van der Waals surface area contributed by atoms with Crippen molar-refractivity contribution in [3.8, 4) is 17.2 Å². The van der Waals surface area contributed by atoms with Crippen molar-refractivity contribution < 1.29 is 23.8 Å². The lowest BCUT2D eigenvalue weighted by Gasteiger charge is -2.19. The molecule has 7 nitrogen and oxygen atoms in total. The summed E-state index contributed by atoms with van der Waals surface area (Å²) in [5.41, 5.74) is 3.13. The summed E-state index contributed by atoms with van der Waals surface area (Å²) in [6.07, 6.45) is -0.0800. The second-order valence-electron chi connectivity index (χ2n) is 7.79. The number of ether oxygens (including phenoxy) is 3. The van der Waals surface area contributed by atoms with Crippen LogP contribution in [0.25, 0.3) is 0 Å². The summed E-state index contributed by atoms with van der Waals surface area (Å²) in [5.74, 6) is -0.365. The first kappa shape index (κ1) is 28.4. The van der Waals surface area contributed by atoms with Crippen molar-refractivity contribution in [1.82, 2.24) is 5.43 Å². The summed E-state index contributed by atoms with van der Waals surface area (Å²) in [5, 5.41) is 5.52. The number of benzene rings is 4. The molecule has 1 amide bonds. The summed E-state index contributed by atoms with van der Waals surface area (Å²) in [6, 6.07) is 24.1. The monoisotopic (exact) mass is 646 g/mol. The summed E-state index contributed by atoms with van der Waals surface area (Å²) >= 11 is 21.2. The highest BCUT2D eigenvalue weighted by atomic mass is 79.9. The van der Waals surface area contributed by atoms with Gasteiger partial charge in [-0.15, -0.1) is 0 Å². The van der Waals surface area contributed by atoms with Gasteiger partial charge in [0.25, 0.3) is 0 Å². The van der Waals surface area contributed by atoms with Crippen LogP contribution in [0.1, 0.15) is 15.9 Å². The lowest BCUT2D eigenvalue weighted by molar-refractivity contribution is -0.140. The molecule has 0 spiro atoms. The van der Waals surface area contributed by atoms with Crippen LogP contribution in [0, 0.1) is 0 Å². The number of carbonyl (C=O) groups excluding carboxylic acids is 2. The van der Waals surface area contributed by atoms with Crippen LogP contribution in [0.15, 0.2) is 101 Å². The maximum absolute atomic E-state index is 13.0. The maximum atomic E-state index is 13.0. The molecule has 0 radical (unpaired) electrons. The van der Waals surface area contributed by atoms with E-state index in [1.165, 1.54) is 6.21 Å². The van der Waals surface area contributed by atoms with Crippen LogP contribution < -0.4 is 19.6 Å². The average molecular weight is 649 g/mol. The van der Waals surface area contributed by atoms with Crippen molar-refractivity contribution in [3.05, 3.63) is 122 Å². The Balaban J connectivity index is 1.49. The van der Waals surface area contributed by atoms with Crippen LogP contribution in [-0.4, -0.2) is 24.4 Å². The van der Waals surface area contributed by atoms with Crippen LogP contribution in [0.4, 0.5) is 0 Å². The molecule has 4 aromatic carbocycles. The van der Waals surface area contributed by atoms with E-state index in [0.717, 1.165) is 0 Å². The molecule has 0 aromatic heterocycles. The zero-order valence-corrected chi connectivity index (χ0v) is 23.7. The normalized spacial score (nSPS) is 10.9. The summed E-state index contributed by atoms with van der Waals surface area (Å²) < 4.78 is 17.7. The van der Waals surface area contributed by atoms with Gasteiger partial charge >= 0.3 is 18.2 Å². The molecule has 0 saturated heterocycles.